The molecule has 2 N–H and O–H groups in total. The van der Waals surface area contributed by atoms with Gasteiger partial charge in [-0.15, -0.1) is 0 Å². The van der Waals surface area contributed by atoms with Crippen molar-refractivity contribution in [3.8, 4) is 0 Å². The minimum Gasteiger partial charge on any atom is -0.465 e. The third-order valence-electron chi connectivity index (χ3n) is 5.51. The van der Waals surface area contributed by atoms with Crippen LogP contribution in [0.25, 0.3) is 0 Å². The molecule has 3 heterocycles. The number of hydrogen-bond donors (Lipinski definition) is 2. The highest BCUT2D eigenvalue weighted by Crippen LogP contribution is 2.49. The van der Waals surface area contributed by atoms with Gasteiger partial charge in [0.25, 0.3) is 12.2 Å². The quantitative estimate of drug-likeness (QED) is 0.308. The number of esters is 1. The van der Waals surface area contributed by atoms with Gasteiger partial charge in [0, 0.05) is 12.3 Å². The molecule has 0 aromatic carbocycles. The highest BCUT2D eigenvalue weighted by Gasteiger charge is 2.56. The van der Waals surface area contributed by atoms with Crippen LogP contribution in [-0.4, -0.2) is 65.0 Å². The number of hydrogen-bond acceptors (Lipinski definition) is 10. The number of aromatic amines is 1. The van der Waals surface area contributed by atoms with Crippen molar-refractivity contribution in [1.82, 2.24) is 14.6 Å². The maximum atomic E-state index is 12.5. The van der Waals surface area contributed by atoms with Crippen molar-refractivity contribution in [2.24, 2.45) is 5.92 Å². The zero-order chi connectivity index (χ0) is 26.8. The number of aromatic nitrogens is 2. The Morgan fingerprint density at radius 1 is 1.25 bits per heavy atom. The molecule has 0 aliphatic carbocycles. The van der Waals surface area contributed by atoms with Crippen LogP contribution >= 0.6 is 6.64 Å². The summed E-state index contributed by atoms with van der Waals surface area (Å²) in [6.07, 6.45) is -1.71. The molecule has 2 aliphatic rings. The van der Waals surface area contributed by atoms with Crippen LogP contribution in [0.5, 0.6) is 0 Å². The van der Waals surface area contributed by atoms with Crippen molar-refractivity contribution in [1.29, 1.82) is 0 Å². The van der Waals surface area contributed by atoms with Crippen LogP contribution in [0.3, 0.4) is 0 Å². The highest BCUT2D eigenvalue weighted by atomic mass is 32.5. The van der Waals surface area contributed by atoms with Gasteiger partial charge in [-0.2, -0.15) is 0 Å². The number of ether oxygens (including phenoxy) is 4. The minimum absolute atomic E-state index is 0.0557. The summed E-state index contributed by atoms with van der Waals surface area (Å²) >= 11 is 5.76. The summed E-state index contributed by atoms with van der Waals surface area (Å²) in [5, 5.41) is 3.09. The Bertz CT molecular complexity index is 1090. The average molecular weight is 550 g/mol. The van der Waals surface area contributed by atoms with Crippen LogP contribution in [0.2, 0.25) is 0 Å². The van der Waals surface area contributed by atoms with Gasteiger partial charge in [-0.25, -0.2) is 9.88 Å². The SMILES string of the molecule is CCOC(=O)[C@@H](NP(=S)(OC[C@H]1O[C@@H](n2ccc(=O)[nH]c2=O)[C@@H]2OC(C)(C)O[C@@H]21)OC(C)C)C(C)C. The molecule has 3 rings (SSSR count). The average Bonchev–Trinajstić information content (AvgIpc) is 3.23. The molecule has 0 radical (unpaired) electrons. The fourth-order valence-electron chi connectivity index (χ4n) is 4.07. The van der Waals surface area contributed by atoms with Crippen molar-refractivity contribution in [2.45, 2.75) is 90.9 Å². The van der Waals surface area contributed by atoms with Crippen LogP contribution in [-0.2, 0) is 44.6 Å². The van der Waals surface area contributed by atoms with Crippen LogP contribution in [0.1, 0.15) is 54.7 Å². The van der Waals surface area contributed by atoms with E-state index in [0.29, 0.717) is 0 Å². The summed E-state index contributed by atoms with van der Waals surface area (Å²) in [4.78, 5) is 38.7. The molecule has 0 amide bonds. The summed E-state index contributed by atoms with van der Waals surface area (Å²) in [5.41, 5.74) is -1.15. The first-order valence-corrected chi connectivity index (χ1v) is 14.6. The molecule has 1 unspecified atom stereocenters. The molecule has 1 aromatic heterocycles. The van der Waals surface area contributed by atoms with Crippen LogP contribution in [0, 0.1) is 5.92 Å². The lowest BCUT2D eigenvalue weighted by molar-refractivity contribution is -0.200. The lowest BCUT2D eigenvalue weighted by atomic mass is 10.1. The molecule has 2 saturated heterocycles. The molecule has 0 bridgehead atoms. The van der Waals surface area contributed by atoms with Crippen molar-refractivity contribution in [2.75, 3.05) is 13.2 Å². The number of rotatable bonds is 11. The first-order chi connectivity index (χ1) is 16.7. The van der Waals surface area contributed by atoms with E-state index in [1.165, 1.54) is 16.8 Å². The Balaban J connectivity index is 1.83. The Morgan fingerprint density at radius 3 is 2.50 bits per heavy atom. The summed E-state index contributed by atoms with van der Waals surface area (Å²) in [6.45, 7) is 9.60. The summed E-state index contributed by atoms with van der Waals surface area (Å²) in [7, 11) is 0. The van der Waals surface area contributed by atoms with Crippen LogP contribution < -0.4 is 16.3 Å². The maximum absolute atomic E-state index is 12.5. The monoisotopic (exact) mass is 549 g/mol. The minimum atomic E-state index is -3.20. The number of nitrogens with one attached hydrogen (secondary N) is 2. The van der Waals surface area contributed by atoms with Gasteiger partial charge in [0.1, 0.15) is 24.4 Å². The van der Waals surface area contributed by atoms with E-state index in [4.69, 9.17) is 39.8 Å². The topological polar surface area (TPSA) is 139 Å². The first kappa shape index (κ1) is 29.1. The number of carbonyl (C=O) groups is 1. The molecule has 2 fully saturated rings. The predicted molar refractivity (Wildman–Crippen MR) is 134 cm³/mol. The maximum Gasteiger partial charge on any atom is 0.330 e. The van der Waals surface area contributed by atoms with E-state index >= 15 is 0 Å². The summed E-state index contributed by atoms with van der Waals surface area (Å²) in [6, 6.07) is 0.496. The lowest BCUT2D eigenvalue weighted by Crippen LogP contribution is -2.42. The standard InChI is InChI=1S/C22H36N3O9PS/c1-8-29-20(27)16(12(2)3)24-35(36,34-13(4)5)30-11-14-17-18(33-22(6,7)32-17)19(31-14)25-10-9-15(26)23-21(25)28/h9-10,12-14,16-19H,8,11H2,1-7H3,(H,24,36)(H,23,26,28)/t14-,16+,17-,18-,19-,35?/m1/s1. The lowest BCUT2D eigenvalue weighted by Gasteiger charge is -2.31. The van der Waals surface area contributed by atoms with Crippen molar-refractivity contribution in [3.05, 3.63) is 33.1 Å². The molecule has 12 nitrogen and oxygen atoms in total. The molecule has 0 saturated carbocycles. The molecule has 204 valence electrons. The molecule has 6 atom stereocenters. The smallest absolute Gasteiger partial charge is 0.330 e. The molecule has 36 heavy (non-hydrogen) atoms. The van der Waals surface area contributed by atoms with E-state index in [1.807, 2.05) is 27.7 Å². The van der Waals surface area contributed by atoms with Crippen molar-refractivity contribution in [3.63, 3.8) is 0 Å². The number of carbonyl (C=O) groups excluding carboxylic acids is 1. The second kappa shape index (κ2) is 11.5. The third kappa shape index (κ3) is 6.90. The zero-order valence-electron chi connectivity index (χ0n) is 21.6. The van der Waals surface area contributed by atoms with E-state index in [0.717, 1.165) is 0 Å². The van der Waals surface area contributed by atoms with Gasteiger partial charge in [-0.3, -0.25) is 19.1 Å². The Labute approximate surface area is 215 Å². The molecular formula is C22H36N3O9PS. The zero-order valence-corrected chi connectivity index (χ0v) is 23.3. The van der Waals surface area contributed by atoms with Gasteiger partial charge in [-0.05, 0) is 52.3 Å². The molecular weight excluding hydrogens is 513 g/mol. The number of nitrogens with zero attached hydrogens (tertiary/aromatic N) is 1. The fourth-order valence-corrected chi connectivity index (χ4v) is 6.95. The molecule has 14 heteroatoms. The van der Waals surface area contributed by atoms with Gasteiger partial charge < -0.3 is 28.0 Å². The predicted octanol–water partition coefficient (Wildman–Crippen LogP) is 1.80. The van der Waals surface area contributed by atoms with Gasteiger partial charge in [0.15, 0.2) is 12.0 Å². The number of fused-ring (bicyclic) bond motifs is 1. The van der Waals surface area contributed by atoms with Crippen molar-refractivity contribution < 1.29 is 32.8 Å². The van der Waals surface area contributed by atoms with Gasteiger partial charge in [0.2, 0.25) is 0 Å². The van der Waals surface area contributed by atoms with Crippen molar-refractivity contribution >= 4 is 24.4 Å². The number of H-pyrrole nitrogens is 1. The molecule has 1 aromatic rings. The summed E-state index contributed by atoms with van der Waals surface area (Å²) < 4.78 is 36.8. The largest absolute Gasteiger partial charge is 0.465 e. The summed E-state index contributed by atoms with van der Waals surface area (Å²) in [5.74, 6) is -1.51. The van der Waals surface area contributed by atoms with Crippen LogP contribution in [0.4, 0.5) is 0 Å². The molecule has 2 aliphatic heterocycles. The van der Waals surface area contributed by atoms with Crippen LogP contribution in [0.15, 0.2) is 21.9 Å². The Hall–Kier alpha value is -1.44. The van der Waals surface area contributed by atoms with Gasteiger partial charge in [0.05, 0.1) is 19.3 Å². The van der Waals surface area contributed by atoms with Gasteiger partial charge >= 0.3 is 11.7 Å². The first-order valence-electron chi connectivity index (χ1n) is 11.9. The van der Waals surface area contributed by atoms with Gasteiger partial charge in [-0.1, -0.05) is 13.8 Å². The second-order valence-corrected chi connectivity index (χ2v) is 12.9. The van der Waals surface area contributed by atoms with E-state index in [9.17, 15) is 14.4 Å². The van der Waals surface area contributed by atoms with E-state index in [2.05, 4.69) is 10.1 Å². The second-order valence-electron chi connectivity index (χ2n) is 9.70. The Kier molecular flexibility index (Phi) is 9.32. The third-order valence-corrected chi connectivity index (χ3v) is 8.19. The molecule has 0 spiro atoms. The normalized spacial score (nSPS) is 27.7. The highest BCUT2D eigenvalue weighted by molar-refractivity contribution is 8.09. The van der Waals surface area contributed by atoms with E-state index in [1.54, 1.807) is 20.8 Å². The Morgan fingerprint density at radius 2 is 1.92 bits per heavy atom. The van der Waals surface area contributed by atoms with E-state index in [-0.39, 0.29) is 25.2 Å². The van der Waals surface area contributed by atoms with E-state index < -0.39 is 60.2 Å². The fraction of sp³-hybridized carbons (Fsp3) is 0.773.